The smallest absolute Gasteiger partial charge is 0.327 e. The average Bonchev–Trinajstić information content (AvgIpc) is 2.52. The maximum absolute atomic E-state index is 12.2. The largest absolute Gasteiger partial charge is 0.468 e. The van der Waals surface area contributed by atoms with E-state index in [-0.39, 0.29) is 12.1 Å². The first kappa shape index (κ1) is 16.0. The number of methoxy groups -OCH3 is 1. The van der Waals surface area contributed by atoms with Gasteiger partial charge in [-0.05, 0) is 22.5 Å². The molecule has 1 fully saturated rings. The molecule has 2 heterocycles. The lowest BCUT2D eigenvalue weighted by molar-refractivity contribution is -0.141. The first-order chi connectivity index (χ1) is 10.1. The molecule has 0 radical (unpaired) electrons. The number of nitrogens with zero attached hydrogens (tertiary/aromatic N) is 4. The summed E-state index contributed by atoms with van der Waals surface area (Å²) in [6.45, 7) is 6.64. The number of carbonyl (C=O) groups excluding carboxylic acids is 1. The number of rotatable bonds is 4. The Kier molecular flexibility index (Phi) is 5.35. The summed E-state index contributed by atoms with van der Waals surface area (Å²) in [6, 6.07) is 0. The van der Waals surface area contributed by atoms with E-state index in [1.165, 1.54) is 7.11 Å². The fourth-order valence-electron chi connectivity index (χ4n) is 2.28. The van der Waals surface area contributed by atoms with Crippen LogP contribution >= 0.6 is 15.9 Å². The lowest BCUT2D eigenvalue weighted by atomic mass is 10.3. The highest BCUT2D eigenvalue weighted by Crippen LogP contribution is 2.22. The van der Waals surface area contributed by atoms with Crippen LogP contribution in [0.5, 0.6) is 0 Å². The van der Waals surface area contributed by atoms with Crippen molar-refractivity contribution in [2.45, 2.75) is 13.5 Å². The molecular formula is C13H19BrN4O3. The van der Waals surface area contributed by atoms with Gasteiger partial charge in [0.05, 0.1) is 19.0 Å². The minimum Gasteiger partial charge on any atom is -0.468 e. The van der Waals surface area contributed by atoms with E-state index in [9.17, 15) is 9.59 Å². The highest BCUT2D eigenvalue weighted by molar-refractivity contribution is 9.10. The highest BCUT2D eigenvalue weighted by Gasteiger charge is 2.20. The second-order valence-electron chi connectivity index (χ2n) is 4.80. The number of esters is 1. The SMILES string of the molecule is CCN1CCN(c2cnn(CC(=O)OC)c(=O)c2Br)CC1. The number of likely N-dealkylation sites (N-methyl/N-ethyl adjacent to an activating group) is 1. The van der Waals surface area contributed by atoms with Crippen LogP contribution in [0.4, 0.5) is 5.69 Å². The van der Waals surface area contributed by atoms with Gasteiger partial charge in [-0.3, -0.25) is 9.59 Å². The van der Waals surface area contributed by atoms with E-state index in [4.69, 9.17) is 0 Å². The molecule has 7 nitrogen and oxygen atoms in total. The van der Waals surface area contributed by atoms with E-state index >= 15 is 0 Å². The molecule has 1 aromatic rings. The van der Waals surface area contributed by atoms with Gasteiger partial charge in [0.1, 0.15) is 11.0 Å². The van der Waals surface area contributed by atoms with Crippen LogP contribution < -0.4 is 10.5 Å². The number of hydrogen-bond donors (Lipinski definition) is 0. The van der Waals surface area contributed by atoms with E-state index in [0.29, 0.717) is 4.47 Å². The number of anilines is 1. The molecule has 21 heavy (non-hydrogen) atoms. The summed E-state index contributed by atoms with van der Waals surface area (Å²) in [6.07, 6.45) is 1.62. The molecule has 0 spiro atoms. The van der Waals surface area contributed by atoms with Gasteiger partial charge in [0.2, 0.25) is 0 Å². The molecule has 0 aliphatic carbocycles. The minimum atomic E-state index is -0.499. The van der Waals surface area contributed by atoms with E-state index in [0.717, 1.165) is 43.1 Å². The average molecular weight is 359 g/mol. The van der Waals surface area contributed by atoms with E-state index in [1.54, 1.807) is 6.20 Å². The third-order valence-electron chi connectivity index (χ3n) is 3.63. The number of piperazine rings is 1. The van der Waals surface area contributed by atoms with Gasteiger partial charge in [0, 0.05) is 26.2 Å². The van der Waals surface area contributed by atoms with Crippen molar-refractivity contribution in [3.63, 3.8) is 0 Å². The van der Waals surface area contributed by atoms with Gasteiger partial charge < -0.3 is 14.5 Å². The molecule has 2 rings (SSSR count). The van der Waals surface area contributed by atoms with Crippen LogP contribution in [0, 0.1) is 0 Å². The Bertz CT molecular complexity index is 567. The van der Waals surface area contributed by atoms with Crippen molar-refractivity contribution in [3.05, 3.63) is 21.0 Å². The molecule has 1 aliphatic heterocycles. The zero-order valence-electron chi connectivity index (χ0n) is 12.2. The van der Waals surface area contributed by atoms with Gasteiger partial charge in [0.15, 0.2) is 0 Å². The van der Waals surface area contributed by atoms with Gasteiger partial charge in [-0.2, -0.15) is 5.10 Å². The lowest BCUT2D eigenvalue weighted by Crippen LogP contribution is -2.46. The van der Waals surface area contributed by atoms with Gasteiger partial charge in [-0.15, -0.1) is 0 Å². The Labute approximate surface area is 131 Å². The Morgan fingerprint density at radius 2 is 2.05 bits per heavy atom. The first-order valence-corrected chi connectivity index (χ1v) is 7.65. The zero-order chi connectivity index (χ0) is 15.4. The van der Waals surface area contributed by atoms with E-state index < -0.39 is 5.97 Å². The second kappa shape index (κ2) is 7.04. The third kappa shape index (κ3) is 3.62. The van der Waals surface area contributed by atoms with Crippen LogP contribution in [0.2, 0.25) is 0 Å². The summed E-state index contributed by atoms with van der Waals surface area (Å²) < 4.78 is 6.09. The molecule has 0 bridgehead atoms. The Morgan fingerprint density at radius 3 is 2.62 bits per heavy atom. The summed E-state index contributed by atoms with van der Waals surface area (Å²) >= 11 is 3.33. The standard InChI is InChI=1S/C13H19BrN4O3/c1-3-16-4-6-17(7-5-16)10-8-15-18(9-11(19)21-2)13(20)12(10)14/h8H,3-7,9H2,1-2H3. The molecule has 8 heteroatoms. The number of hydrogen-bond acceptors (Lipinski definition) is 6. The van der Waals surface area contributed by atoms with Crippen molar-refractivity contribution < 1.29 is 9.53 Å². The van der Waals surface area contributed by atoms with Crippen LogP contribution in [0.1, 0.15) is 6.92 Å². The van der Waals surface area contributed by atoms with Crippen molar-refractivity contribution in [2.24, 2.45) is 0 Å². The minimum absolute atomic E-state index is 0.183. The number of halogens is 1. The summed E-state index contributed by atoms with van der Waals surface area (Å²) in [5.41, 5.74) is 0.452. The van der Waals surface area contributed by atoms with Crippen LogP contribution in [-0.2, 0) is 16.1 Å². The fraction of sp³-hybridized carbons (Fsp3) is 0.615. The number of carbonyl (C=O) groups is 1. The van der Waals surface area contributed by atoms with Crippen LogP contribution in [-0.4, -0.2) is 60.5 Å². The third-order valence-corrected chi connectivity index (χ3v) is 4.38. The Morgan fingerprint density at radius 1 is 1.38 bits per heavy atom. The van der Waals surface area contributed by atoms with Gasteiger partial charge in [0.25, 0.3) is 5.56 Å². The lowest BCUT2D eigenvalue weighted by Gasteiger charge is -2.35. The molecule has 0 saturated carbocycles. The number of ether oxygens (including phenoxy) is 1. The van der Waals surface area contributed by atoms with Crippen LogP contribution in [0.25, 0.3) is 0 Å². The van der Waals surface area contributed by atoms with Gasteiger partial charge >= 0.3 is 5.97 Å². The van der Waals surface area contributed by atoms with Crippen molar-refractivity contribution in [1.29, 1.82) is 0 Å². The second-order valence-corrected chi connectivity index (χ2v) is 5.60. The summed E-state index contributed by atoms with van der Waals surface area (Å²) in [4.78, 5) is 27.9. The van der Waals surface area contributed by atoms with Gasteiger partial charge in [-0.25, -0.2) is 4.68 Å². The summed E-state index contributed by atoms with van der Waals surface area (Å²) in [5, 5.41) is 4.06. The van der Waals surface area contributed by atoms with E-state index in [2.05, 4.69) is 42.5 Å². The molecule has 1 saturated heterocycles. The Hall–Kier alpha value is -1.41. The van der Waals surface area contributed by atoms with Crippen molar-refractivity contribution >= 4 is 27.6 Å². The normalized spacial score (nSPS) is 16.0. The topological polar surface area (TPSA) is 67.7 Å². The zero-order valence-corrected chi connectivity index (χ0v) is 13.8. The first-order valence-electron chi connectivity index (χ1n) is 6.86. The molecule has 0 amide bonds. The van der Waals surface area contributed by atoms with Gasteiger partial charge in [-0.1, -0.05) is 6.92 Å². The fourth-order valence-corrected chi connectivity index (χ4v) is 2.84. The molecule has 116 valence electrons. The predicted octanol–water partition coefficient (Wildman–Crippen LogP) is 0.321. The Balaban J connectivity index is 2.17. The molecule has 0 aromatic carbocycles. The number of aromatic nitrogens is 2. The van der Waals surface area contributed by atoms with Crippen LogP contribution in [0.15, 0.2) is 15.5 Å². The molecule has 1 aliphatic rings. The summed E-state index contributed by atoms with van der Waals surface area (Å²) in [7, 11) is 1.28. The highest BCUT2D eigenvalue weighted by atomic mass is 79.9. The molecule has 0 atom stereocenters. The maximum atomic E-state index is 12.2. The van der Waals surface area contributed by atoms with Crippen LogP contribution in [0.3, 0.4) is 0 Å². The predicted molar refractivity (Wildman–Crippen MR) is 82.5 cm³/mol. The van der Waals surface area contributed by atoms with Crippen molar-refractivity contribution in [3.8, 4) is 0 Å². The van der Waals surface area contributed by atoms with Crippen molar-refractivity contribution in [2.75, 3.05) is 44.7 Å². The summed E-state index contributed by atoms with van der Waals surface area (Å²) in [5.74, 6) is -0.499. The monoisotopic (exact) mass is 358 g/mol. The maximum Gasteiger partial charge on any atom is 0.327 e. The molecule has 0 unspecified atom stereocenters. The quantitative estimate of drug-likeness (QED) is 0.722. The molecular weight excluding hydrogens is 340 g/mol. The molecule has 0 N–H and O–H groups in total. The van der Waals surface area contributed by atoms with Crippen molar-refractivity contribution in [1.82, 2.24) is 14.7 Å². The van der Waals surface area contributed by atoms with E-state index in [1.807, 2.05) is 0 Å². The molecule has 1 aromatic heterocycles.